The molecule has 214 valence electrons. The van der Waals surface area contributed by atoms with Gasteiger partial charge in [-0.15, -0.1) is 106 Å². The summed E-state index contributed by atoms with van der Waals surface area (Å²) in [5.41, 5.74) is 0. The molecule has 1 N–H and O–H groups in total. The Hall–Kier alpha value is 3.65. The second-order valence-corrected chi connectivity index (χ2v) is 23.3. The number of carbonyl (C=O) groups is 2. The van der Waals surface area contributed by atoms with Gasteiger partial charge in [0.15, 0.2) is 10.2 Å². The molecule has 4 nitrogen and oxygen atoms in total. The molecule has 0 amide bonds. The van der Waals surface area contributed by atoms with Gasteiger partial charge >= 0.3 is 0 Å². The van der Waals surface area contributed by atoms with E-state index in [4.69, 9.17) is 5.11 Å². The molecule has 0 aliphatic heterocycles. The van der Waals surface area contributed by atoms with Gasteiger partial charge < -0.3 is 5.11 Å². The Bertz CT molecular complexity index is 545. The molecule has 0 rings (SSSR count). The zero-order valence-electron chi connectivity index (χ0n) is 20.3. The number of hydrogen-bond donors (Lipinski definition) is 1. The molecule has 0 bridgehead atoms. The second kappa shape index (κ2) is 33.2. The van der Waals surface area contributed by atoms with Crippen molar-refractivity contribution in [1.82, 2.24) is 0 Å². The molecule has 0 spiro atoms. The van der Waals surface area contributed by atoms with Crippen molar-refractivity contribution in [3.63, 3.8) is 0 Å². The summed E-state index contributed by atoms with van der Waals surface area (Å²) in [5, 5.41) is 17.3. The van der Waals surface area contributed by atoms with Crippen LogP contribution in [0.3, 0.4) is 0 Å². The zero-order chi connectivity index (χ0) is 26.5. The highest BCUT2D eigenvalue weighted by molar-refractivity contribution is 8.31. The van der Waals surface area contributed by atoms with E-state index in [-0.39, 0.29) is 16.8 Å². The summed E-state index contributed by atoms with van der Waals surface area (Å²) in [6.07, 6.45) is 0. The van der Waals surface area contributed by atoms with E-state index in [1.165, 1.54) is 23.5 Å². The Labute approximate surface area is 271 Å². The van der Waals surface area contributed by atoms with Gasteiger partial charge in [-0.05, 0) is 5.75 Å². The Kier molecular flexibility index (Phi) is 36.5. The molecular weight excluding hydrogens is 709 g/mol. The number of thioether (sulfide) groups is 12. The molecule has 0 aromatic heterocycles. The van der Waals surface area contributed by atoms with Crippen LogP contribution in [0.4, 0.5) is 0 Å². The van der Waals surface area contributed by atoms with Crippen LogP contribution in [0.2, 0.25) is 0 Å². The van der Waals surface area contributed by atoms with Crippen LogP contribution in [0.15, 0.2) is 0 Å². The van der Waals surface area contributed by atoms with Gasteiger partial charge in [-0.3, -0.25) is 13.8 Å². The van der Waals surface area contributed by atoms with Crippen molar-refractivity contribution in [3.8, 4) is 0 Å². The monoisotopic (exact) mass is 744 g/mol. The first-order valence-electron chi connectivity index (χ1n) is 10.6. The number of aliphatic hydroxyl groups excluding tert-OH is 1. The van der Waals surface area contributed by atoms with Crippen LogP contribution >= 0.6 is 141 Å². The molecule has 1 atom stereocenters. The summed E-state index contributed by atoms with van der Waals surface area (Å²) < 4.78 is 11.8. The van der Waals surface area contributed by atoms with Gasteiger partial charge in [0.25, 0.3) is 0 Å². The standard InChI is InChI=1S/C19H36O4S13/c1-2-24-5-6-36(23)17-33-14-31-12-30-13-32-16-35-19(22)8-27-10-29-11-28-9-26-7-18(21)34-15-25-4-3-20/h20H,2-17H2,1H3. The minimum absolute atomic E-state index is 0.164. The van der Waals surface area contributed by atoms with Gasteiger partial charge in [-0.2, -0.15) is 11.8 Å². The molecule has 1 unspecified atom stereocenters. The molecule has 0 saturated heterocycles. The smallest absolute Gasteiger partial charge is 0.199 e. The normalized spacial score (nSPS) is 12.2. The molecular formula is C19H36O4S13. The van der Waals surface area contributed by atoms with Crippen molar-refractivity contribution in [2.45, 2.75) is 6.92 Å². The van der Waals surface area contributed by atoms with Gasteiger partial charge in [0, 0.05) is 68.7 Å². The lowest BCUT2D eigenvalue weighted by molar-refractivity contribution is -0.109. The first kappa shape index (κ1) is 39.6. The fourth-order valence-electron chi connectivity index (χ4n) is 1.68. The number of carbonyl (C=O) groups excluding carboxylic acids is 2. The van der Waals surface area contributed by atoms with E-state index >= 15 is 0 Å². The predicted octanol–water partition coefficient (Wildman–Crippen LogP) is 7.22. The van der Waals surface area contributed by atoms with Gasteiger partial charge in [0.05, 0.1) is 23.2 Å². The Balaban J connectivity index is 3.28. The molecule has 36 heavy (non-hydrogen) atoms. The average Bonchev–Trinajstić information content (AvgIpc) is 2.86. The molecule has 0 aliphatic carbocycles. The maximum Gasteiger partial charge on any atom is 0.199 e. The van der Waals surface area contributed by atoms with Crippen LogP contribution in [0.25, 0.3) is 0 Å². The second-order valence-electron chi connectivity index (χ2n) is 5.99. The largest absolute Gasteiger partial charge is 0.396 e. The van der Waals surface area contributed by atoms with E-state index in [1.54, 1.807) is 58.8 Å². The van der Waals surface area contributed by atoms with Crippen LogP contribution in [0.5, 0.6) is 0 Å². The first-order valence-corrected chi connectivity index (χ1v) is 25.6. The van der Waals surface area contributed by atoms with Crippen LogP contribution in [-0.2, 0) is 20.4 Å². The number of rotatable bonds is 28. The molecule has 0 aromatic carbocycles. The third kappa shape index (κ3) is 32.2. The van der Waals surface area contributed by atoms with Crippen LogP contribution in [0.1, 0.15) is 6.92 Å². The molecule has 0 saturated carbocycles. The van der Waals surface area contributed by atoms with E-state index in [2.05, 4.69) is 6.92 Å². The molecule has 0 radical (unpaired) electrons. The van der Waals surface area contributed by atoms with Crippen molar-refractivity contribution >= 4 is 162 Å². The lowest BCUT2D eigenvalue weighted by atomic mass is 10.9. The Morgan fingerprint density at radius 2 is 1.08 bits per heavy atom. The highest BCUT2D eigenvalue weighted by atomic mass is 32.3. The predicted molar refractivity (Wildman–Crippen MR) is 195 cm³/mol. The third-order valence-corrected chi connectivity index (χ3v) is 19.7. The summed E-state index contributed by atoms with van der Waals surface area (Å²) in [4.78, 5) is 23.6. The van der Waals surface area contributed by atoms with Crippen molar-refractivity contribution in [2.24, 2.45) is 0 Å². The van der Waals surface area contributed by atoms with Gasteiger partial charge in [-0.25, -0.2) is 0 Å². The Morgan fingerprint density at radius 3 is 1.61 bits per heavy atom. The zero-order valence-corrected chi connectivity index (χ0v) is 30.9. The average molecular weight is 745 g/mol. The molecule has 0 fully saturated rings. The minimum Gasteiger partial charge on any atom is -0.396 e. The summed E-state index contributed by atoms with van der Waals surface area (Å²) in [5.74, 6) is 4.70. The van der Waals surface area contributed by atoms with E-state index in [1.807, 2.05) is 58.8 Å². The third-order valence-electron chi connectivity index (χ3n) is 3.16. The highest BCUT2D eigenvalue weighted by Crippen LogP contribution is 2.26. The lowest BCUT2D eigenvalue weighted by Gasteiger charge is -2.04. The van der Waals surface area contributed by atoms with Crippen molar-refractivity contribution in [3.05, 3.63) is 0 Å². The maximum atomic E-state index is 12.0. The number of aliphatic hydroxyl groups is 1. The fraction of sp³-hybridized carbons (Fsp3) is 0.895. The number of hydrogen-bond acceptors (Lipinski definition) is 16. The van der Waals surface area contributed by atoms with E-state index in [0.29, 0.717) is 17.3 Å². The van der Waals surface area contributed by atoms with Gasteiger partial charge in [0.1, 0.15) is 0 Å². The van der Waals surface area contributed by atoms with Crippen LogP contribution < -0.4 is 0 Å². The summed E-state index contributed by atoms with van der Waals surface area (Å²) in [7, 11) is -0.685. The summed E-state index contributed by atoms with van der Waals surface area (Å²) in [6.45, 7) is 2.30. The molecule has 0 heterocycles. The Morgan fingerprint density at radius 1 is 0.611 bits per heavy atom. The highest BCUT2D eigenvalue weighted by Gasteiger charge is 2.05. The topological polar surface area (TPSA) is 71.4 Å². The quantitative estimate of drug-likeness (QED) is 0.0647. The molecule has 0 aromatic rings. The molecule has 0 aliphatic rings. The van der Waals surface area contributed by atoms with Gasteiger partial charge in [0.2, 0.25) is 0 Å². The maximum absolute atomic E-state index is 12.0. The summed E-state index contributed by atoms with van der Waals surface area (Å²) >= 11 is 20.5. The first-order chi connectivity index (χ1) is 17.6. The van der Waals surface area contributed by atoms with Crippen molar-refractivity contribution in [1.29, 1.82) is 0 Å². The lowest BCUT2D eigenvalue weighted by Crippen LogP contribution is -2.02. The van der Waals surface area contributed by atoms with Crippen LogP contribution in [-0.4, -0.2) is 106 Å². The SMILES string of the molecule is CCSCCS(=O)CSCSCSCSCSC(=O)CSCSCSCSCC(=O)SCSCCO. The van der Waals surface area contributed by atoms with Crippen molar-refractivity contribution in [2.75, 3.05) is 86.9 Å². The minimum atomic E-state index is -0.685. The molecule has 17 heteroatoms. The van der Waals surface area contributed by atoms with Gasteiger partial charge in [-0.1, -0.05) is 30.4 Å². The van der Waals surface area contributed by atoms with E-state index in [9.17, 15) is 13.8 Å². The van der Waals surface area contributed by atoms with E-state index in [0.717, 1.165) is 63.0 Å². The fourth-order valence-corrected chi connectivity index (χ4v) is 17.0. The van der Waals surface area contributed by atoms with E-state index < -0.39 is 10.8 Å². The van der Waals surface area contributed by atoms with Crippen LogP contribution in [0, 0.1) is 0 Å². The van der Waals surface area contributed by atoms with Crippen molar-refractivity contribution < 1.29 is 18.9 Å². The summed E-state index contributed by atoms with van der Waals surface area (Å²) in [6, 6.07) is 0.